The molecular formula is C20H23NO2. The summed E-state index contributed by atoms with van der Waals surface area (Å²) in [6.45, 7) is 0.641. The van der Waals surface area contributed by atoms with Crippen LogP contribution < -0.4 is 5.32 Å². The lowest BCUT2D eigenvalue weighted by Crippen LogP contribution is -2.76. The van der Waals surface area contributed by atoms with Gasteiger partial charge in [0.2, 0.25) is 0 Å². The summed E-state index contributed by atoms with van der Waals surface area (Å²) in [6, 6.07) is 7.80. The van der Waals surface area contributed by atoms with E-state index in [0.717, 1.165) is 23.3 Å². The molecule has 23 heavy (non-hydrogen) atoms. The van der Waals surface area contributed by atoms with Gasteiger partial charge in [-0.25, -0.2) is 0 Å². The van der Waals surface area contributed by atoms with Crippen molar-refractivity contribution in [2.75, 3.05) is 6.54 Å². The average Bonchev–Trinajstić information content (AvgIpc) is 2.64. The Labute approximate surface area is 136 Å². The van der Waals surface area contributed by atoms with Crippen molar-refractivity contribution in [3.63, 3.8) is 0 Å². The monoisotopic (exact) mass is 309 g/mol. The lowest BCUT2D eigenvalue weighted by molar-refractivity contribution is -0.344. The van der Waals surface area contributed by atoms with Crippen LogP contribution in [0, 0.1) is 35.0 Å². The normalized spacial score (nSPS) is 51.9. The lowest BCUT2D eigenvalue weighted by atomic mass is 9.29. The predicted octanol–water partition coefficient (Wildman–Crippen LogP) is 2.69. The first-order valence-corrected chi connectivity index (χ1v) is 9.23. The Morgan fingerprint density at radius 1 is 1.09 bits per heavy atom. The van der Waals surface area contributed by atoms with Gasteiger partial charge in [-0.1, -0.05) is 18.2 Å². The third kappa shape index (κ3) is 1.26. The van der Waals surface area contributed by atoms with Crippen molar-refractivity contribution in [3.8, 4) is 0 Å². The van der Waals surface area contributed by atoms with Crippen LogP contribution in [0.2, 0.25) is 0 Å². The van der Waals surface area contributed by atoms with Crippen LogP contribution in [0.5, 0.6) is 0 Å². The zero-order valence-electron chi connectivity index (χ0n) is 13.3. The maximum atomic E-state index is 12.5. The van der Waals surface area contributed by atoms with Crippen molar-refractivity contribution in [3.05, 3.63) is 35.4 Å². The number of aliphatic hydroxyl groups is 1. The van der Waals surface area contributed by atoms with Gasteiger partial charge < -0.3 is 10.4 Å². The van der Waals surface area contributed by atoms with Crippen molar-refractivity contribution >= 4 is 5.91 Å². The van der Waals surface area contributed by atoms with Crippen molar-refractivity contribution in [2.24, 2.45) is 35.0 Å². The molecule has 0 radical (unpaired) electrons. The first kappa shape index (κ1) is 13.0. The minimum absolute atomic E-state index is 0.00345. The number of fused-ring (bicyclic) bond motifs is 3. The molecule has 2 unspecified atom stereocenters. The van der Waals surface area contributed by atoms with Gasteiger partial charge in [0.15, 0.2) is 0 Å². The van der Waals surface area contributed by atoms with E-state index in [1.165, 1.54) is 32.1 Å². The Kier molecular flexibility index (Phi) is 2.16. The van der Waals surface area contributed by atoms with Gasteiger partial charge >= 0.3 is 0 Å². The molecule has 3 nitrogen and oxygen atoms in total. The van der Waals surface area contributed by atoms with E-state index in [0.29, 0.717) is 18.0 Å². The highest BCUT2D eigenvalue weighted by atomic mass is 16.3. The van der Waals surface area contributed by atoms with E-state index in [-0.39, 0.29) is 17.2 Å². The summed E-state index contributed by atoms with van der Waals surface area (Å²) in [6.07, 6.45) is 6.47. The van der Waals surface area contributed by atoms with E-state index in [9.17, 15) is 9.90 Å². The van der Waals surface area contributed by atoms with E-state index in [2.05, 4.69) is 5.32 Å². The van der Waals surface area contributed by atoms with Gasteiger partial charge in [-0.2, -0.15) is 0 Å². The SMILES string of the molecule is O=C1NC[C@H]2[C@H]3C4C[C@@H]5C[C@H](C4)CC3(C5)[C@@]2(O)c2ccccc21. The Morgan fingerprint density at radius 3 is 2.61 bits per heavy atom. The molecule has 6 aliphatic rings. The van der Waals surface area contributed by atoms with Crippen LogP contribution in [0.1, 0.15) is 48.0 Å². The van der Waals surface area contributed by atoms with E-state index < -0.39 is 5.60 Å². The zero-order chi connectivity index (χ0) is 15.4. The number of amides is 1. The second-order valence-electron chi connectivity index (χ2n) is 8.92. The lowest BCUT2D eigenvalue weighted by Gasteiger charge is -2.77. The summed E-state index contributed by atoms with van der Waals surface area (Å²) in [5.41, 5.74) is 0.878. The highest BCUT2D eigenvalue weighted by Gasteiger charge is 2.78. The molecule has 1 amide bonds. The van der Waals surface area contributed by atoms with Crippen LogP contribution in [-0.4, -0.2) is 17.6 Å². The molecule has 0 saturated heterocycles. The Morgan fingerprint density at radius 2 is 1.83 bits per heavy atom. The van der Waals surface area contributed by atoms with Crippen LogP contribution in [0.4, 0.5) is 0 Å². The fraction of sp³-hybridized carbons (Fsp3) is 0.650. The molecule has 1 spiro atoms. The second kappa shape index (κ2) is 3.83. The fourth-order valence-electron chi connectivity index (χ4n) is 7.95. The van der Waals surface area contributed by atoms with Crippen molar-refractivity contribution in [1.29, 1.82) is 0 Å². The minimum Gasteiger partial charge on any atom is -0.384 e. The molecule has 7 atom stereocenters. The Hall–Kier alpha value is -1.35. The van der Waals surface area contributed by atoms with E-state index in [1.54, 1.807) is 0 Å². The number of hydrogen-bond donors (Lipinski definition) is 2. The summed E-state index contributed by atoms with van der Waals surface area (Å²) in [7, 11) is 0. The summed E-state index contributed by atoms with van der Waals surface area (Å²) >= 11 is 0. The van der Waals surface area contributed by atoms with Gasteiger partial charge in [0, 0.05) is 23.4 Å². The van der Waals surface area contributed by atoms with Crippen LogP contribution in [-0.2, 0) is 5.60 Å². The molecule has 5 saturated carbocycles. The molecule has 4 bridgehead atoms. The smallest absolute Gasteiger partial charge is 0.251 e. The number of carbonyl (C=O) groups excluding carboxylic acids is 1. The summed E-state index contributed by atoms with van der Waals surface area (Å²) in [5, 5.41) is 15.1. The van der Waals surface area contributed by atoms with Gasteiger partial charge in [-0.3, -0.25) is 4.79 Å². The third-order valence-electron chi connectivity index (χ3n) is 8.18. The maximum absolute atomic E-state index is 12.5. The number of hydrogen-bond acceptors (Lipinski definition) is 2. The number of rotatable bonds is 0. The first-order chi connectivity index (χ1) is 11.1. The minimum atomic E-state index is -0.788. The van der Waals surface area contributed by atoms with Gasteiger partial charge in [0.25, 0.3) is 5.91 Å². The summed E-state index contributed by atoms with van der Waals surface area (Å²) in [5.74, 6) is 3.23. The third-order valence-corrected chi connectivity index (χ3v) is 8.18. The quantitative estimate of drug-likeness (QED) is 0.774. The van der Waals surface area contributed by atoms with E-state index >= 15 is 0 Å². The highest BCUT2D eigenvalue weighted by molar-refractivity contribution is 5.96. The number of nitrogens with one attached hydrogen (secondary N) is 1. The van der Waals surface area contributed by atoms with E-state index in [1.807, 2.05) is 24.3 Å². The molecule has 5 fully saturated rings. The van der Waals surface area contributed by atoms with Gasteiger partial charge in [0.05, 0.1) is 0 Å². The molecule has 120 valence electrons. The summed E-state index contributed by atoms with van der Waals surface area (Å²) < 4.78 is 0. The van der Waals surface area contributed by atoms with Crippen LogP contribution in [0.3, 0.4) is 0 Å². The van der Waals surface area contributed by atoms with Gasteiger partial charge in [-0.15, -0.1) is 0 Å². The molecule has 2 N–H and O–H groups in total. The highest BCUT2D eigenvalue weighted by Crippen LogP contribution is 2.79. The number of carbonyl (C=O) groups is 1. The average molecular weight is 309 g/mol. The van der Waals surface area contributed by atoms with Crippen molar-refractivity contribution < 1.29 is 9.90 Å². The summed E-state index contributed by atoms with van der Waals surface area (Å²) in [4.78, 5) is 12.5. The Balaban J connectivity index is 1.59. The topological polar surface area (TPSA) is 49.3 Å². The molecule has 1 heterocycles. The largest absolute Gasteiger partial charge is 0.384 e. The molecule has 0 aromatic heterocycles. The standard InChI is InChI=1S/C20H23NO2/c22-18-14-3-1-2-4-15(14)20(23)16(10-21-18)17-13-6-11-5-12(7-13)9-19(17,20)8-11/h1-4,11-13,16-17,23H,5-10H2,(H,21,22)/t11-,12+,13?,16-,17+,19?,20+/m0/s1. The zero-order valence-corrected chi connectivity index (χ0v) is 13.3. The fourth-order valence-corrected chi connectivity index (χ4v) is 7.95. The molecule has 1 aromatic rings. The second-order valence-corrected chi connectivity index (χ2v) is 8.92. The predicted molar refractivity (Wildman–Crippen MR) is 85.6 cm³/mol. The molecular weight excluding hydrogens is 286 g/mol. The van der Waals surface area contributed by atoms with Crippen LogP contribution >= 0.6 is 0 Å². The Bertz CT molecular complexity index is 714. The first-order valence-electron chi connectivity index (χ1n) is 9.23. The van der Waals surface area contributed by atoms with Crippen molar-refractivity contribution in [1.82, 2.24) is 5.32 Å². The molecule has 1 aliphatic heterocycles. The molecule has 7 rings (SSSR count). The van der Waals surface area contributed by atoms with E-state index in [4.69, 9.17) is 0 Å². The van der Waals surface area contributed by atoms with Gasteiger partial charge in [-0.05, 0) is 67.4 Å². The maximum Gasteiger partial charge on any atom is 0.251 e. The van der Waals surface area contributed by atoms with Crippen LogP contribution in [0.15, 0.2) is 24.3 Å². The molecule has 1 aromatic carbocycles. The van der Waals surface area contributed by atoms with Gasteiger partial charge in [0.1, 0.15) is 5.60 Å². The van der Waals surface area contributed by atoms with Crippen molar-refractivity contribution in [2.45, 2.75) is 37.7 Å². The molecule has 3 heteroatoms. The molecule has 5 aliphatic carbocycles. The van der Waals surface area contributed by atoms with Crippen LogP contribution in [0.25, 0.3) is 0 Å². The number of benzene rings is 1.